The van der Waals surface area contributed by atoms with Gasteiger partial charge in [0.05, 0.1) is 31.6 Å². The normalized spacial score (nSPS) is 16.0. The number of imidazole rings is 1. The van der Waals surface area contributed by atoms with Gasteiger partial charge in [0.1, 0.15) is 0 Å². The second kappa shape index (κ2) is 13.2. The molecule has 0 atom stereocenters. The van der Waals surface area contributed by atoms with Gasteiger partial charge in [-0.1, -0.05) is 24.3 Å². The molecule has 5 aromatic rings. The molecule has 4 heterocycles. The van der Waals surface area contributed by atoms with Crippen LogP contribution in [-0.4, -0.2) is 94.8 Å². The molecule has 0 aliphatic carbocycles. The molecule has 0 spiro atoms. The number of anilines is 3. The number of aromatic nitrogens is 4. The zero-order valence-electron chi connectivity index (χ0n) is 26.5. The summed E-state index contributed by atoms with van der Waals surface area (Å²) in [5.41, 5.74) is 4.22. The molecular formula is C35H35F3N8O2. The van der Waals surface area contributed by atoms with Crippen LogP contribution < -0.4 is 10.2 Å². The number of ether oxygens (including phenoxy) is 1. The molecule has 0 bridgehead atoms. The van der Waals surface area contributed by atoms with Gasteiger partial charge in [0.2, 0.25) is 0 Å². The number of hydrogen-bond acceptors (Lipinski definition) is 8. The van der Waals surface area contributed by atoms with Crippen molar-refractivity contribution in [2.75, 3.05) is 69.7 Å². The zero-order valence-corrected chi connectivity index (χ0v) is 26.5. The molecule has 1 N–H and O–H groups in total. The van der Waals surface area contributed by atoms with Crippen molar-refractivity contribution in [3.8, 4) is 11.4 Å². The number of rotatable bonds is 7. The number of halogens is 3. The summed E-state index contributed by atoms with van der Waals surface area (Å²) in [6.45, 7) is 6.36. The van der Waals surface area contributed by atoms with Crippen LogP contribution in [0, 0.1) is 0 Å². The number of hydrogen-bond donors (Lipinski definition) is 1. The Bertz CT molecular complexity index is 1880. The van der Waals surface area contributed by atoms with Crippen molar-refractivity contribution in [3.05, 3.63) is 95.8 Å². The number of benzene rings is 3. The number of carbonyl (C=O) groups excluding carboxylic acids is 1. The van der Waals surface area contributed by atoms with E-state index in [2.05, 4.69) is 20.1 Å². The molecule has 13 heteroatoms. The fourth-order valence-corrected chi connectivity index (χ4v) is 5.94. The maximum absolute atomic E-state index is 13.2. The van der Waals surface area contributed by atoms with Gasteiger partial charge in [-0.25, -0.2) is 15.0 Å². The van der Waals surface area contributed by atoms with E-state index in [1.807, 2.05) is 48.3 Å². The van der Waals surface area contributed by atoms with E-state index in [1.165, 1.54) is 12.1 Å². The Morgan fingerprint density at radius 1 is 0.854 bits per heavy atom. The lowest BCUT2D eigenvalue weighted by Crippen LogP contribution is -2.47. The highest BCUT2D eigenvalue weighted by molar-refractivity contribution is 5.95. The van der Waals surface area contributed by atoms with E-state index in [-0.39, 0.29) is 12.5 Å². The van der Waals surface area contributed by atoms with E-state index >= 15 is 0 Å². The lowest BCUT2D eigenvalue weighted by Gasteiger charge is -2.32. The Morgan fingerprint density at radius 2 is 1.54 bits per heavy atom. The van der Waals surface area contributed by atoms with Gasteiger partial charge in [-0.05, 0) is 61.1 Å². The molecule has 2 aliphatic heterocycles. The number of amides is 1. The summed E-state index contributed by atoms with van der Waals surface area (Å²) in [6, 6.07) is 20.4. The molecule has 7 rings (SSSR count). The number of nitrogens with zero attached hydrogens (tertiary/aromatic N) is 7. The van der Waals surface area contributed by atoms with Crippen molar-refractivity contribution in [2.24, 2.45) is 0 Å². The topological polar surface area (TPSA) is 91.6 Å². The van der Waals surface area contributed by atoms with Crippen LogP contribution in [0.4, 0.5) is 30.4 Å². The Labute approximate surface area is 275 Å². The third-order valence-corrected chi connectivity index (χ3v) is 8.78. The maximum atomic E-state index is 13.2. The van der Waals surface area contributed by atoms with E-state index in [0.717, 1.165) is 49.7 Å². The minimum Gasteiger partial charge on any atom is -0.378 e. The quantitative estimate of drug-likeness (QED) is 0.245. The predicted octanol–water partition coefficient (Wildman–Crippen LogP) is 5.53. The van der Waals surface area contributed by atoms with Crippen molar-refractivity contribution in [3.63, 3.8) is 0 Å². The number of fused-ring (bicyclic) bond motifs is 1. The fraction of sp³-hybridized carbons (Fsp3) is 0.314. The van der Waals surface area contributed by atoms with Gasteiger partial charge in [-0.2, -0.15) is 13.2 Å². The summed E-state index contributed by atoms with van der Waals surface area (Å²) < 4.78 is 46.7. The molecule has 10 nitrogen and oxygen atoms in total. The molecule has 48 heavy (non-hydrogen) atoms. The first-order valence-electron chi connectivity index (χ1n) is 15.9. The van der Waals surface area contributed by atoms with E-state index in [4.69, 9.17) is 14.7 Å². The van der Waals surface area contributed by atoms with Crippen molar-refractivity contribution in [1.29, 1.82) is 0 Å². The molecular weight excluding hydrogens is 621 g/mol. The SMILES string of the molecule is CN1CCN(C(=O)c2ccc(-c3nc(Nc4ccc(N5CCOCC5)cc4)c4ncn(Cc5ccc(C(F)(F)F)cc5)c4n3)cc2)CC1. The van der Waals surface area contributed by atoms with E-state index < -0.39 is 11.7 Å². The average molecular weight is 657 g/mol. The van der Waals surface area contributed by atoms with Crippen molar-refractivity contribution >= 4 is 34.3 Å². The van der Waals surface area contributed by atoms with Gasteiger partial charge in [0.25, 0.3) is 5.91 Å². The number of nitrogens with one attached hydrogen (secondary N) is 1. The Kier molecular flexibility index (Phi) is 8.71. The number of likely N-dealkylation sites (N-methyl/N-ethyl adjacent to an activating group) is 1. The number of morpholine rings is 1. The first kappa shape index (κ1) is 31.6. The molecule has 2 fully saturated rings. The van der Waals surface area contributed by atoms with Gasteiger partial charge < -0.3 is 29.3 Å². The van der Waals surface area contributed by atoms with Crippen LogP contribution in [0.15, 0.2) is 79.1 Å². The summed E-state index contributed by atoms with van der Waals surface area (Å²) in [4.78, 5) is 33.8. The molecule has 0 radical (unpaired) electrons. The average Bonchev–Trinajstić information content (AvgIpc) is 3.51. The lowest BCUT2D eigenvalue weighted by molar-refractivity contribution is -0.137. The highest BCUT2D eigenvalue weighted by Gasteiger charge is 2.30. The minimum atomic E-state index is -4.41. The maximum Gasteiger partial charge on any atom is 0.416 e. The van der Waals surface area contributed by atoms with Crippen LogP contribution >= 0.6 is 0 Å². The Hall–Kier alpha value is -5.01. The second-order valence-electron chi connectivity index (χ2n) is 12.1. The van der Waals surface area contributed by atoms with E-state index in [9.17, 15) is 18.0 Å². The van der Waals surface area contributed by atoms with Crippen LogP contribution in [0.25, 0.3) is 22.6 Å². The Balaban J connectivity index is 1.20. The second-order valence-corrected chi connectivity index (χ2v) is 12.1. The Morgan fingerprint density at radius 3 is 2.21 bits per heavy atom. The van der Waals surface area contributed by atoms with Crippen molar-refractivity contribution < 1.29 is 22.7 Å². The molecule has 248 valence electrons. The first-order valence-corrected chi connectivity index (χ1v) is 15.9. The van der Waals surface area contributed by atoms with Gasteiger partial charge in [-0.3, -0.25) is 4.79 Å². The third kappa shape index (κ3) is 6.83. The predicted molar refractivity (Wildman–Crippen MR) is 177 cm³/mol. The third-order valence-electron chi connectivity index (χ3n) is 8.78. The largest absolute Gasteiger partial charge is 0.416 e. The molecule has 0 unspecified atom stereocenters. The van der Waals surface area contributed by atoms with Crippen LogP contribution in [0.3, 0.4) is 0 Å². The summed E-state index contributed by atoms with van der Waals surface area (Å²) >= 11 is 0. The summed E-state index contributed by atoms with van der Waals surface area (Å²) in [5, 5.41) is 3.40. The highest BCUT2D eigenvalue weighted by Crippen LogP contribution is 2.31. The molecule has 0 saturated carbocycles. The smallest absolute Gasteiger partial charge is 0.378 e. The van der Waals surface area contributed by atoms with E-state index in [1.54, 1.807) is 23.0 Å². The van der Waals surface area contributed by atoms with Crippen LogP contribution in [0.1, 0.15) is 21.5 Å². The zero-order chi connectivity index (χ0) is 33.3. The number of carbonyl (C=O) groups is 1. The minimum absolute atomic E-state index is 0.0106. The molecule has 2 aromatic heterocycles. The van der Waals surface area contributed by atoms with Crippen molar-refractivity contribution in [2.45, 2.75) is 12.7 Å². The van der Waals surface area contributed by atoms with Crippen LogP contribution in [0.5, 0.6) is 0 Å². The van der Waals surface area contributed by atoms with Crippen LogP contribution in [-0.2, 0) is 17.5 Å². The monoisotopic (exact) mass is 656 g/mol. The fourth-order valence-electron chi connectivity index (χ4n) is 5.94. The molecule has 2 saturated heterocycles. The van der Waals surface area contributed by atoms with Gasteiger partial charge in [0, 0.05) is 61.8 Å². The molecule has 1 amide bonds. The van der Waals surface area contributed by atoms with Gasteiger partial charge in [-0.15, -0.1) is 0 Å². The van der Waals surface area contributed by atoms with Gasteiger partial charge in [0.15, 0.2) is 22.8 Å². The molecule has 2 aliphatic rings. The van der Waals surface area contributed by atoms with Crippen molar-refractivity contribution in [1.82, 2.24) is 29.3 Å². The lowest BCUT2D eigenvalue weighted by atomic mass is 10.1. The number of alkyl halides is 3. The van der Waals surface area contributed by atoms with E-state index in [0.29, 0.717) is 65.8 Å². The van der Waals surface area contributed by atoms with Crippen LogP contribution in [0.2, 0.25) is 0 Å². The highest BCUT2D eigenvalue weighted by atomic mass is 19.4. The summed E-state index contributed by atoms with van der Waals surface area (Å²) in [6.07, 6.45) is -2.79. The standard InChI is InChI=1S/C35H35F3N8O2/c1-43-14-16-45(17-15-43)34(47)26-6-4-25(5-7-26)31-41-32(40-28-10-12-29(13-11-28)44-18-20-48-21-19-44)30-33(42-31)46(23-39-30)22-24-2-8-27(9-3-24)35(36,37)38/h2-13,23H,14-22H2,1H3,(H,40,41,42). The summed E-state index contributed by atoms with van der Waals surface area (Å²) in [5.74, 6) is 0.893. The summed E-state index contributed by atoms with van der Waals surface area (Å²) in [7, 11) is 2.05. The number of piperazine rings is 1. The van der Waals surface area contributed by atoms with Gasteiger partial charge >= 0.3 is 6.18 Å². The first-order chi connectivity index (χ1) is 23.2. The molecule has 3 aromatic carbocycles.